The second kappa shape index (κ2) is 8.78. The number of hydrogen-bond acceptors (Lipinski definition) is 8. The van der Waals surface area contributed by atoms with E-state index >= 15 is 0 Å². The minimum absolute atomic E-state index is 0.0941. The Morgan fingerprint density at radius 2 is 2.00 bits per heavy atom. The number of amides is 2. The molecule has 2 aliphatic rings. The lowest BCUT2D eigenvalue weighted by molar-refractivity contribution is -0.118. The first kappa shape index (κ1) is 21.7. The number of carbonyl (C=O) groups is 2. The lowest BCUT2D eigenvalue weighted by atomic mass is 10.2. The summed E-state index contributed by atoms with van der Waals surface area (Å²) in [4.78, 5) is 33.5. The number of rotatable bonds is 6. The number of nitrogens with one attached hydrogen (secondary N) is 2. The Hall–Kier alpha value is -3.77. The third-order valence-corrected chi connectivity index (χ3v) is 7.33. The third-order valence-electron chi connectivity index (χ3n) is 6.18. The van der Waals surface area contributed by atoms with E-state index in [2.05, 4.69) is 30.7 Å². The van der Waals surface area contributed by atoms with Gasteiger partial charge in [0.1, 0.15) is 4.83 Å². The highest BCUT2D eigenvalue weighted by atomic mass is 32.1. The molecule has 0 atom stereocenters. The Labute approximate surface area is 204 Å². The molecule has 4 aromatic rings. The number of ether oxygens (including phenoxy) is 1. The average Bonchev–Trinajstić information content (AvgIpc) is 3.52. The number of fused-ring (bicyclic) bond motifs is 2. The zero-order valence-corrected chi connectivity index (χ0v) is 20.0. The number of carbonyl (C=O) groups excluding carboxylic acids is 2. The van der Waals surface area contributed by atoms with Crippen molar-refractivity contribution in [1.29, 1.82) is 0 Å². The quantitative estimate of drug-likeness (QED) is 0.425. The normalized spacial score (nSPS) is 15.3. The van der Waals surface area contributed by atoms with E-state index in [9.17, 15) is 9.59 Å². The summed E-state index contributed by atoms with van der Waals surface area (Å²) in [7, 11) is 0. The number of likely N-dealkylation sites (tertiary alicyclic amines) is 1. The Morgan fingerprint density at radius 3 is 2.83 bits per heavy atom. The first-order chi connectivity index (χ1) is 17.0. The van der Waals surface area contributed by atoms with Crippen LogP contribution in [-0.4, -0.2) is 67.3 Å². The van der Waals surface area contributed by atoms with E-state index in [0.29, 0.717) is 35.8 Å². The molecule has 0 saturated carbocycles. The molecule has 6 heterocycles. The topological polar surface area (TPSA) is 119 Å². The Balaban J connectivity index is 1.21. The average molecular weight is 493 g/mol. The van der Waals surface area contributed by atoms with Crippen LogP contribution in [0.15, 0.2) is 30.9 Å². The number of aromatic nitrogens is 5. The van der Waals surface area contributed by atoms with Gasteiger partial charge in [0.25, 0.3) is 5.91 Å². The highest BCUT2D eigenvalue weighted by Gasteiger charge is 2.23. The van der Waals surface area contributed by atoms with Crippen molar-refractivity contribution in [2.24, 2.45) is 0 Å². The number of anilines is 2. The number of aryl methyl sites for hydroxylation is 2. The van der Waals surface area contributed by atoms with Crippen LogP contribution < -0.4 is 15.4 Å². The summed E-state index contributed by atoms with van der Waals surface area (Å²) < 4.78 is 9.37. The lowest BCUT2D eigenvalue weighted by Gasteiger charge is -2.29. The fraction of sp³-hybridized carbons (Fsp3) is 0.348. The molecule has 1 saturated heterocycles. The molecule has 2 aliphatic heterocycles. The van der Waals surface area contributed by atoms with Gasteiger partial charge in [-0.2, -0.15) is 10.2 Å². The molecule has 0 unspecified atom stereocenters. The van der Waals surface area contributed by atoms with Gasteiger partial charge in [0.2, 0.25) is 11.8 Å². The van der Waals surface area contributed by atoms with Gasteiger partial charge in [-0.15, -0.1) is 11.3 Å². The standard InChI is InChI=1S/C23H24N8O3S/c1-14-18(8-15(9-24-14)27-20(32)13-29-4-2-5-29)28-21(33)17-11-26-31-12-19(35-23(17)31)16-10-25-30-6-3-7-34-22(16)30/h8-12H,2-7,13H2,1H3,(H,27,32)(H,28,33). The van der Waals surface area contributed by atoms with Crippen LogP contribution in [0, 0.1) is 6.92 Å². The fourth-order valence-corrected chi connectivity index (χ4v) is 5.23. The summed E-state index contributed by atoms with van der Waals surface area (Å²) >= 11 is 1.46. The first-order valence-corrected chi connectivity index (χ1v) is 12.3. The van der Waals surface area contributed by atoms with Crippen LogP contribution in [0.5, 0.6) is 5.88 Å². The Morgan fingerprint density at radius 1 is 1.11 bits per heavy atom. The van der Waals surface area contributed by atoms with Gasteiger partial charge in [-0.1, -0.05) is 0 Å². The molecular weight excluding hydrogens is 468 g/mol. The highest BCUT2D eigenvalue weighted by molar-refractivity contribution is 7.21. The largest absolute Gasteiger partial charge is 0.477 e. The molecule has 12 heteroatoms. The molecule has 0 radical (unpaired) electrons. The van der Waals surface area contributed by atoms with Crippen LogP contribution in [0.2, 0.25) is 0 Å². The molecule has 2 amide bonds. The lowest BCUT2D eigenvalue weighted by Crippen LogP contribution is -2.42. The van der Waals surface area contributed by atoms with Crippen LogP contribution in [0.25, 0.3) is 15.3 Å². The fourth-order valence-electron chi connectivity index (χ4n) is 4.17. The predicted molar refractivity (Wildman–Crippen MR) is 131 cm³/mol. The minimum atomic E-state index is -0.296. The van der Waals surface area contributed by atoms with Crippen molar-refractivity contribution in [2.75, 3.05) is 36.9 Å². The predicted octanol–water partition coefficient (Wildman–Crippen LogP) is 2.64. The number of pyridine rings is 1. The molecule has 35 heavy (non-hydrogen) atoms. The molecule has 2 N–H and O–H groups in total. The van der Waals surface area contributed by atoms with Crippen LogP contribution in [0.4, 0.5) is 11.4 Å². The summed E-state index contributed by atoms with van der Waals surface area (Å²) in [6.45, 7) is 5.55. The minimum Gasteiger partial charge on any atom is -0.477 e. The van der Waals surface area contributed by atoms with Gasteiger partial charge in [-0.25, -0.2) is 9.20 Å². The van der Waals surface area contributed by atoms with Crippen molar-refractivity contribution < 1.29 is 14.3 Å². The zero-order valence-electron chi connectivity index (χ0n) is 19.2. The second-order valence-electron chi connectivity index (χ2n) is 8.68. The number of nitrogens with zero attached hydrogens (tertiary/aromatic N) is 6. The van der Waals surface area contributed by atoms with Gasteiger partial charge in [0.05, 0.1) is 64.8 Å². The van der Waals surface area contributed by atoms with E-state index in [0.717, 1.165) is 53.6 Å². The number of hydrogen-bond donors (Lipinski definition) is 2. The summed E-state index contributed by atoms with van der Waals surface area (Å²) in [6.07, 6.45) is 8.88. The maximum absolute atomic E-state index is 13.2. The van der Waals surface area contributed by atoms with Crippen molar-refractivity contribution in [3.63, 3.8) is 0 Å². The maximum Gasteiger partial charge on any atom is 0.260 e. The molecule has 180 valence electrons. The molecule has 1 fully saturated rings. The van der Waals surface area contributed by atoms with Gasteiger partial charge < -0.3 is 15.4 Å². The van der Waals surface area contributed by atoms with Crippen LogP contribution >= 0.6 is 11.3 Å². The smallest absolute Gasteiger partial charge is 0.260 e. The van der Waals surface area contributed by atoms with Crippen molar-refractivity contribution in [1.82, 2.24) is 29.3 Å². The van der Waals surface area contributed by atoms with E-state index in [-0.39, 0.29) is 11.8 Å². The zero-order chi connectivity index (χ0) is 23.9. The molecule has 4 aromatic heterocycles. The van der Waals surface area contributed by atoms with Gasteiger partial charge in [-0.3, -0.25) is 19.5 Å². The van der Waals surface area contributed by atoms with Crippen LogP contribution in [-0.2, 0) is 11.3 Å². The molecule has 0 bridgehead atoms. The van der Waals surface area contributed by atoms with E-state index in [1.165, 1.54) is 11.3 Å². The van der Waals surface area contributed by atoms with Crippen molar-refractivity contribution in [3.05, 3.63) is 42.1 Å². The third kappa shape index (κ3) is 4.15. The molecule has 0 aromatic carbocycles. The summed E-state index contributed by atoms with van der Waals surface area (Å²) in [6, 6.07) is 1.73. The van der Waals surface area contributed by atoms with Gasteiger partial charge in [0, 0.05) is 19.2 Å². The summed E-state index contributed by atoms with van der Waals surface area (Å²) in [5.41, 5.74) is 3.08. The van der Waals surface area contributed by atoms with E-state index < -0.39 is 0 Å². The highest BCUT2D eigenvalue weighted by Crippen LogP contribution is 2.37. The summed E-state index contributed by atoms with van der Waals surface area (Å²) in [5.74, 6) is 0.362. The molecule has 0 spiro atoms. The van der Waals surface area contributed by atoms with E-state index in [1.54, 1.807) is 36.1 Å². The van der Waals surface area contributed by atoms with Crippen molar-refractivity contribution >= 4 is 39.4 Å². The first-order valence-electron chi connectivity index (χ1n) is 11.5. The number of thiazole rings is 1. The van der Waals surface area contributed by atoms with E-state index in [4.69, 9.17) is 4.74 Å². The van der Waals surface area contributed by atoms with Crippen molar-refractivity contribution in [2.45, 2.75) is 26.3 Å². The van der Waals surface area contributed by atoms with Crippen molar-refractivity contribution in [3.8, 4) is 16.3 Å². The van der Waals surface area contributed by atoms with Crippen LogP contribution in [0.3, 0.4) is 0 Å². The Bertz CT molecular complexity index is 1430. The monoisotopic (exact) mass is 492 g/mol. The van der Waals surface area contributed by atoms with Crippen LogP contribution in [0.1, 0.15) is 28.9 Å². The summed E-state index contributed by atoms with van der Waals surface area (Å²) in [5, 5.41) is 14.6. The van der Waals surface area contributed by atoms with Gasteiger partial charge >= 0.3 is 0 Å². The Kier molecular flexibility index (Phi) is 5.46. The molecule has 6 rings (SSSR count). The SMILES string of the molecule is Cc1ncc(NC(=O)CN2CCC2)cc1NC(=O)c1cnn2cc(-c3cnn4c3OCCC4)sc12. The van der Waals surface area contributed by atoms with Gasteiger partial charge in [-0.05, 0) is 32.5 Å². The molecule has 0 aliphatic carbocycles. The second-order valence-corrected chi connectivity index (χ2v) is 9.71. The van der Waals surface area contributed by atoms with E-state index in [1.807, 2.05) is 10.9 Å². The molecular formula is C23H24N8O3S. The molecule has 11 nitrogen and oxygen atoms in total. The maximum atomic E-state index is 13.2. The van der Waals surface area contributed by atoms with Gasteiger partial charge in [0.15, 0.2) is 0 Å².